The molecular formula is C15H21N3O3S. The zero-order chi connectivity index (χ0) is 16.0. The summed E-state index contributed by atoms with van der Waals surface area (Å²) in [6.07, 6.45) is 5.17. The molecule has 0 aromatic heterocycles. The average molecular weight is 323 g/mol. The lowest BCUT2D eigenvalue weighted by Gasteiger charge is -2.30. The molecule has 6 nitrogen and oxygen atoms in total. The van der Waals surface area contributed by atoms with Gasteiger partial charge in [-0.15, -0.1) is 0 Å². The Bertz CT molecular complexity index is 616. The van der Waals surface area contributed by atoms with Gasteiger partial charge in [-0.3, -0.25) is 4.72 Å². The summed E-state index contributed by atoms with van der Waals surface area (Å²) in [7, 11) is -1.92. The van der Waals surface area contributed by atoms with E-state index in [-0.39, 0.29) is 12.6 Å². The molecule has 0 spiro atoms. The van der Waals surface area contributed by atoms with Crippen molar-refractivity contribution in [1.82, 2.24) is 4.31 Å². The molecule has 0 amide bonds. The van der Waals surface area contributed by atoms with Crippen LogP contribution in [-0.2, 0) is 10.2 Å². The summed E-state index contributed by atoms with van der Waals surface area (Å²) in [6.45, 7) is -0.0323. The molecule has 1 fully saturated rings. The number of benzene rings is 1. The van der Waals surface area contributed by atoms with Gasteiger partial charge < -0.3 is 4.74 Å². The molecule has 0 aliphatic heterocycles. The van der Waals surface area contributed by atoms with E-state index in [1.807, 2.05) is 6.07 Å². The molecule has 0 bridgehead atoms. The molecule has 0 unspecified atom stereocenters. The molecule has 1 aromatic rings. The lowest BCUT2D eigenvalue weighted by atomic mass is 9.96. The molecule has 1 saturated carbocycles. The molecule has 0 heterocycles. The number of hydrogen-bond donors (Lipinski definition) is 1. The predicted octanol–water partition coefficient (Wildman–Crippen LogP) is 2.51. The third-order valence-electron chi connectivity index (χ3n) is 3.87. The molecule has 1 aromatic carbocycles. The second-order valence-corrected chi connectivity index (χ2v) is 7.12. The Morgan fingerprint density at radius 2 is 1.91 bits per heavy atom. The topological polar surface area (TPSA) is 82.4 Å². The van der Waals surface area contributed by atoms with E-state index in [9.17, 15) is 8.42 Å². The molecule has 2 rings (SSSR count). The standard InChI is InChI=1S/C15H21N3O3S/c1-18(14-5-3-2-4-6-14)22(19,20)17-13-7-9-15(10-8-13)21-12-11-16/h7-10,14,17H,2-6,12H2,1H3. The highest BCUT2D eigenvalue weighted by molar-refractivity contribution is 7.90. The Morgan fingerprint density at radius 3 is 2.50 bits per heavy atom. The predicted molar refractivity (Wildman–Crippen MR) is 84.7 cm³/mol. The molecule has 1 aliphatic carbocycles. The first-order valence-electron chi connectivity index (χ1n) is 7.38. The number of nitrogens with zero attached hydrogens (tertiary/aromatic N) is 2. The Morgan fingerprint density at radius 1 is 1.27 bits per heavy atom. The molecule has 0 saturated heterocycles. The Labute approximate surface area is 131 Å². The number of ether oxygens (including phenoxy) is 1. The van der Waals surface area contributed by atoms with Gasteiger partial charge in [0.15, 0.2) is 6.61 Å². The highest BCUT2D eigenvalue weighted by atomic mass is 32.2. The van der Waals surface area contributed by atoms with Crippen LogP contribution in [0.15, 0.2) is 24.3 Å². The maximum Gasteiger partial charge on any atom is 0.301 e. The third-order valence-corrected chi connectivity index (χ3v) is 5.42. The third kappa shape index (κ3) is 4.36. The van der Waals surface area contributed by atoms with E-state index in [0.29, 0.717) is 11.4 Å². The Hall–Kier alpha value is -1.78. The van der Waals surface area contributed by atoms with Crippen molar-refractivity contribution >= 4 is 15.9 Å². The van der Waals surface area contributed by atoms with Gasteiger partial charge in [-0.05, 0) is 37.1 Å². The number of anilines is 1. The largest absolute Gasteiger partial charge is 0.479 e. The van der Waals surface area contributed by atoms with Crippen LogP contribution in [0.4, 0.5) is 5.69 Å². The Balaban J connectivity index is 2.00. The highest BCUT2D eigenvalue weighted by Gasteiger charge is 2.27. The molecule has 120 valence electrons. The summed E-state index contributed by atoms with van der Waals surface area (Å²) in [4.78, 5) is 0. The van der Waals surface area contributed by atoms with Gasteiger partial charge in [-0.2, -0.15) is 18.0 Å². The second-order valence-electron chi connectivity index (χ2n) is 5.39. The maximum atomic E-state index is 12.4. The summed E-state index contributed by atoms with van der Waals surface area (Å²) in [5.74, 6) is 0.533. The summed E-state index contributed by atoms with van der Waals surface area (Å²) >= 11 is 0. The zero-order valence-electron chi connectivity index (χ0n) is 12.7. The summed E-state index contributed by atoms with van der Waals surface area (Å²) in [5, 5.41) is 8.45. The Kier molecular flexibility index (Phi) is 5.63. The summed E-state index contributed by atoms with van der Waals surface area (Å²) in [5.41, 5.74) is 0.479. The van der Waals surface area contributed by atoms with E-state index in [1.54, 1.807) is 31.3 Å². The molecule has 0 radical (unpaired) electrons. The lowest BCUT2D eigenvalue weighted by molar-refractivity contribution is 0.287. The van der Waals surface area contributed by atoms with E-state index in [4.69, 9.17) is 10.00 Å². The van der Waals surface area contributed by atoms with Crippen LogP contribution in [0.3, 0.4) is 0 Å². The fourth-order valence-corrected chi connectivity index (χ4v) is 3.78. The van der Waals surface area contributed by atoms with E-state index < -0.39 is 10.2 Å². The molecule has 1 N–H and O–H groups in total. The first-order valence-corrected chi connectivity index (χ1v) is 8.82. The van der Waals surface area contributed by atoms with Gasteiger partial charge in [-0.1, -0.05) is 19.3 Å². The van der Waals surface area contributed by atoms with Gasteiger partial charge in [-0.25, -0.2) is 0 Å². The van der Waals surface area contributed by atoms with Crippen LogP contribution in [0.2, 0.25) is 0 Å². The van der Waals surface area contributed by atoms with Crippen LogP contribution < -0.4 is 9.46 Å². The van der Waals surface area contributed by atoms with Gasteiger partial charge in [0.2, 0.25) is 0 Å². The molecule has 22 heavy (non-hydrogen) atoms. The minimum atomic E-state index is -3.55. The normalized spacial score (nSPS) is 16.2. The van der Waals surface area contributed by atoms with Crippen molar-refractivity contribution in [3.63, 3.8) is 0 Å². The van der Waals surface area contributed by atoms with Crippen LogP contribution in [0.5, 0.6) is 5.75 Å². The van der Waals surface area contributed by atoms with Gasteiger partial charge in [0.05, 0.1) is 5.69 Å². The molecular weight excluding hydrogens is 302 g/mol. The first-order chi connectivity index (χ1) is 10.5. The minimum absolute atomic E-state index is 0.0323. The van der Waals surface area contributed by atoms with Gasteiger partial charge >= 0.3 is 10.2 Å². The quantitative estimate of drug-likeness (QED) is 0.872. The number of hydrogen-bond acceptors (Lipinski definition) is 4. The van der Waals surface area contributed by atoms with E-state index in [1.165, 1.54) is 10.7 Å². The molecule has 1 aliphatic rings. The zero-order valence-corrected chi connectivity index (χ0v) is 13.5. The van der Waals surface area contributed by atoms with Crippen molar-refractivity contribution in [2.75, 3.05) is 18.4 Å². The fraction of sp³-hybridized carbons (Fsp3) is 0.533. The number of rotatable bonds is 6. The monoisotopic (exact) mass is 323 g/mol. The van der Waals surface area contributed by atoms with Gasteiger partial charge in [0.1, 0.15) is 11.8 Å². The van der Waals surface area contributed by atoms with Crippen LogP contribution in [0.25, 0.3) is 0 Å². The smallest absolute Gasteiger partial charge is 0.301 e. The molecule has 7 heteroatoms. The van der Waals surface area contributed by atoms with Crippen molar-refractivity contribution in [2.45, 2.75) is 38.1 Å². The van der Waals surface area contributed by atoms with Crippen LogP contribution in [0.1, 0.15) is 32.1 Å². The van der Waals surface area contributed by atoms with Gasteiger partial charge in [0, 0.05) is 13.1 Å². The van der Waals surface area contributed by atoms with Crippen molar-refractivity contribution in [3.8, 4) is 11.8 Å². The average Bonchev–Trinajstić information content (AvgIpc) is 2.54. The number of nitriles is 1. The van der Waals surface area contributed by atoms with Crippen LogP contribution in [0, 0.1) is 11.3 Å². The fourth-order valence-electron chi connectivity index (χ4n) is 2.60. The van der Waals surface area contributed by atoms with Gasteiger partial charge in [0.25, 0.3) is 0 Å². The van der Waals surface area contributed by atoms with Crippen molar-refractivity contribution in [1.29, 1.82) is 5.26 Å². The maximum absolute atomic E-state index is 12.4. The number of nitrogens with one attached hydrogen (secondary N) is 1. The van der Waals surface area contributed by atoms with E-state index in [2.05, 4.69) is 4.72 Å². The SMILES string of the molecule is CN(C1CCCCC1)S(=O)(=O)Nc1ccc(OCC#N)cc1. The van der Waals surface area contributed by atoms with Crippen molar-refractivity contribution in [3.05, 3.63) is 24.3 Å². The second kappa shape index (κ2) is 7.47. The summed E-state index contributed by atoms with van der Waals surface area (Å²) in [6, 6.07) is 8.47. The highest BCUT2D eigenvalue weighted by Crippen LogP contribution is 2.24. The van der Waals surface area contributed by atoms with Crippen LogP contribution in [-0.4, -0.2) is 32.4 Å². The van der Waals surface area contributed by atoms with Crippen LogP contribution >= 0.6 is 0 Å². The van der Waals surface area contributed by atoms with Crippen molar-refractivity contribution in [2.24, 2.45) is 0 Å². The van der Waals surface area contributed by atoms with E-state index in [0.717, 1.165) is 25.7 Å². The van der Waals surface area contributed by atoms with E-state index >= 15 is 0 Å². The minimum Gasteiger partial charge on any atom is -0.479 e. The summed E-state index contributed by atoms with van der Waals surface area (Å²) < 4.78 is 33.9. The lowest BCUT2D eigenvalue weighted by Crippen LogP contribution is -2.41. The van der Waals surface area contributed by atoms with Crippen molar-refractivity contribution < 1.29 is 13.2 Å². The molecule has 0 atom stereocenters. The first kappa shape index (κ1) is 16.6.